The first-order chi connectivity index (χ1) is 10.5. The molecule has 0 bridgehead atoms. The number of aromatic nitrogens is 1. The number of aliphatic hydroxyl groups is 1. The molecule has 0 aliphatic rings. The summed E-state index contributed by atoms with van der Waals surface area (Å²) in [5, 5.41) is 10.4. The van der Waals surface area contributed by atoms with Crippen molar-refractivity contribution in [2.24, 2.45) is 0 Å². The number of pyridine rings is 1. The molecule has 2 heteroatoms. The highest BCUT2D eigenvalue weighted by Crippen LogP contribution is 2.29. The van der Waals surface area contributed by atoms with Crippen LogP contribution in [0, 0.1) is 0 Å². The van der Waals surface area contributed by atoms with Gasteiger partial charge in [0, 0.05) is 11.1 Å². The second-order valence-electron chi connectivity index (χ2n) is 5.92. The van der Waals surface area contributed by atoms with E-state index in [9.17, 15) is 5.11 Å². The van der Waals surface area contributed by atoms with Crippen LogP contribution in [-0.2, 0) is 5.60 Å². The number of hydrogen-bond acceptors (Lipinski definition) is 2. The molecule has 2 aromatic carbocycles. The van der Waals surface area contributed by atoms with Crippen LogP contribution in [0.15, 0.2) is 72.8 Å². The van der Waals surface area contributed by atoms with Crippen LogP contribution in [0.25, 0.3) is 22.5 Å². The van der Waals surface area contributed by atoms with E-state index in [1.807, 2.05) is 72.8 Å². The second-order valence-corrected chi connectivity index (χ2v) is 5.92. The summed E-state index contributed by atoms with van der Waals surface area (Å²) in [6, 6.07) is 24.0. The molecule has 110 valence electrons. The highest BCUT2D eigenvalue weighted by Gasteiger charge is 2.19. The van der Waals surface area contributed by atoms with Gasteiger partial charge in [-0.25, -0.2) is 4.98 Å². The van der Waals surface area contributed by atoms with Crippen LogP contribution in [0.2, 0.25) is 0 Å². The minimum absolute atomic E-state index is 0.861. The lowest BCUT2D eigenvalue weighted by molar-refractivity contribution is 0.0786. The van der Waals surface area contributed by atoms with E-state index < -0.39 is 5.60 Å². The van der Waals surface area contributed by atoms with Crippen LogP contribution in [-0.4, -0.2) is 10.1 Å². The van der Waals surface area contributed by atoms with Gasteiger partial charge in [0.15, 0.2) is 0 Å². The van der Waals surface area contributed by atoms with Crippen molar-refractivity contribution >= 4 is 0 Å². The summed E-state index contributed by atoms with van der Waals surface area (Å²) < 4.78 is 0. The van der Waals surface area contributed by atoms with E-state index in [-0.39, 0.29) is 0 Å². The number of benzene rings is 2. The summed E-state index contributed by atoms with van der Waals surface area (Å²) in [6.45, 7) is 3.60. The van der Waals surface area contributed by atoms with E-state index in [0.717, 1.165) is 28.1 Å². The van der Waals surface area contributed by atoms with Crippen molar-refractivity contribution in [3.05, 3.63) is 78.4 Å². The van der Waals surface area contributed by atoms with Crippen molar-refractivity contribution in [3.8, 4) is 22.5 Å². The van der Waals surface area contributed by atoms with Crippen molar-refractivity contribution in [2.75, 3.05) is 0 Å². The van der Waals surface area contributed by atoms with Crippen molar-refractivity contribution in [1.29, 1.82) is 0 Å². The van der Waals surface area contributed by atoms with E-state index in [4.69, 9.17) is 4.98 Å². The maximum atomic E-state index is 10.4. The Morgan fingerprint density at radius 2 is 1.14 bits per heavy atom. The fourth-order valence-electron chi connectivity index (χ4n) is 2.40. The normalized spacial score (nSPS) is 11.4. The summed E-state index contributed by atoms with van der Waals surface area (Å²) in [4.78, 5) is 4.78. The van der Waals surface area contributed by atoms with Crippen molar-refractivity contribution < 1.29 is 5.11 Å². The molecule has 0 unspecified atom stereocenters. The first-order valence-corrected chi connectivity index (χ1v) is 7.40. The van der Waals surface area contributed by atoms with Gasteiger partial charge in [-0.2, -0.15) is 0 Å². The Kier molecular flexibility index (Phi) is 3.78. The summed E-state index contributed by atoms with van der Waals surface area (Å²) in [7, 11) is 0. The minimum atomic E-state index is -0.907. The van der Waals surface area contributed by atoms with Crippen LogP contribution < -0.4 is 0 Å². The van der Waals surface area contributed by atoms with Crippen LogP contribution >= 0.6 is 0 Å². The van der Waals surface area contributed by atoms with Crippen molar-refractivity contribution in [1.82, 2.24) is 4.98 Å². The lowest BCUT2D eigenvalue weighted by Crippen LogP contribution is -2.16. The highest BCUT2D eigenvalue weighted by atomic mass is 16.3. The molecule has 0 saturated heterocycles. The number of rotatable bonds is 3. The molecule has 2 nitrogen and oxygen atoms in total. The zero-order valence-electron chi connectivity index (χ0n) is 12.8. The second kappa shape index (κ2) is 5.74. The largest absolute Gasteiger partial charge is 0.386 e. The van der Waals surface area contributed by atoms with E-state index in [1.165, 1.54) is 0 Å². The third kappa shape index (κ3) is 3.07. The van der Waals surface area contributed by atoms with Gasteiger partial charge in [-0.3, -0.25) is 0 Å². The Bertz CT molecular complexity index is 701. The molecule has 3 rings (SSSR count). The molecule has 22 heavy (non-hydrogen) atoms. The van der Waals surface area contributed by atoms with Gasteiger partial charge in [0.2, 0.25) is 0 Å². The van der Waals surface area contributed by atoms with Gasteiger partial charge in [0.25, 0.3) is 0 Å². The van der Waals surface area contributed by atoms with Crippen molar-refractivity contribution in [3.63, 3.8) is 0 Å². The summed E-state index contributed by atoms with van der Waals surface area (Å²) >= 11 is 0. The average Bonchev–Trinajstić information content (AvgIpc) is 2.55. The summed E-state index contributed by atoms with van der Waals surface area (Å²) in [5.41, 5.74) is 3.80. The first-order valence-electron chi connectivity index (χ1n) is 7.40. The van der Waals surface area contributed by atoms with Crippen molar-refractivity contribution in [2.45, 2.75) is 19.4 Å². The molecule has 1 aromatic heterocycles. The predicted molar refractivity (Wildman–Crippen MR) is 90.4 cm³/mol. The number of nitrogens with zero attached hydrogens (tertiary/aromatic N) is 1. The first kappa shape index (κ1) is 14.5. The minimum Gasteiger partial charge on any atom is -0.386 e. The zero-order chi connectivity index (χ0) is 15.6. The third-order valence-electron chi connectivity index (χ3n) is 3.67. The standard InChI is InChI=1S/C20H19NO/c1-20(2,22)17-13-18(15-9-5-3-6-10-15)21-19(14-17)16-11-7-4-8-12-16/h3-14,22H,1-2H3. The third-order valence-corrected chi connectivity index (χ3v) is 3.67. The Hall–Kier alpha value is -2.45. The average molecular weight is 289 g/mol. The lowest BCUT2D eigenvalue weighted by Gasteiger charge is -2.20. The maximum Gasteiger partial charge on any atom is 0.0842 e. The van der Waals surface area contributed by atoms with Crippen LogP contribution in [0.5, 0.6) is 0 Å². The molecule has 1 heterocycles. The van der Waals surface area contributed by atoms with Gasteiger partial charge in [-0.1, -0.05) is 60.7 Å². The summed E-state index contributed by atoms with van der Waals surface area (Å²) in [6.07, 6.45) is 0. The molecule has 3 aromatic rings. The molecule has 0 fully saturated rings. The van der Waals surface area contributed by atoms with Gasteiger partial charge in [-0.05, 0) is 31.5 Å². The van der Waals surface area contributed by atoms with E-state index in [0.29, 0.717) is 0 Å². The highest BCUT2D eigenvalue weighted by molar-refractivity contribution is 5.67. The quantitative estimate of drug-likeness (QED) is 0.761. The molecule has 0 spiro atoms. The van der Waals surface area contributed by atoms with Crippen LogP contribution in [0.1, 0.15) is 19.4 Å². The molecule has 0 atom stereocenters. The smallest absolute Gasteiger partial charge is 0.0842 e. The van der Waals surface area contributed by atoms with Gasteiger partial charge in [0.1, 0.15) is 0 Å². The number of hydrogen-bond donors (Lipinski definition) is 1. The predicted octanol–water partition coefficient (Wildman–Crippen LogP) is 4.64. The lowest BCUT2D eigenvalue weighted by atomic mass is 9.95. The van der Waals surface area contributed by atoms with Gasteiger partial charge in [0.05, 0.1) is 17.0 Å². The van der Waals surface area contributed by atoms with E-state index in [1.54, 1.807) is 13.8 Å². The molecule has 0 saturated carbocycles. The molecule has 0 aliphatic carbocycles. The molecular formula is C20H19NO. The molecule has 0 aliphatic heterocycles. The SMILES string of the molecule is CC(C)(O)c1cc(-c2ccccc2)nc(-c2ccccc2)c1. The molecule has 1 N–H and O–H groups in total. The van der Waals surface area contributed by atoms with Crippen LogP contribution in [0.3, 0.4) is 0 Å². The topological polar surface area (TPSA) is 33.1 Å². The fraction of sp³-hybridized carbons (Fsp3) is 0.150. The Morgan fingerprint density at radius 3 is 1.50 bits per heavy atom. The Balaban J connectivity index is 2.19. The van der Waals surface area contributed by atoms with Crippen LogP contribution in [0.4, 0.5) is 0 Å². The molecular weight excluding hydrogens is 270 g/mol. The van der Waals surface area contributed by atoms with Gasteiger partial charge >= 0.3 is 0 Å². The Morgan fingerprint density at radius 1 is 0.727 bits per heavy atom. The molecule has 0 amide bonds. The maximum absolute atomic E-state index is 10.4. The van der Waals surface area contributed by atoms with Gasteiger partial charge < -0.3 is 5.11 Å². The van der Waals surface area contributed by atoms with E-state index >= 15 is 0 Å². The van der Waals surface area contributed by atoms with Gasteiger partial charge in [-0.15, -0.1) is 0 Å². The van der Waals surface area contributed by atoms with E-state index in [2.05, 4.69) is 0 Å². The monoisotopic (exact) mass is 289 g/mol. The fourth-order valence-corrected chi connectivity index (χ4v) is 2.40. The molecule has 0 radical (unpaired) electrons. The zero-order valence-corrected chi connectivity index (χ0v) is 12.8. The summed E-state index contributed by atoms with van der Waals surface area (Å²) in [5.74, 6) is 0. The Labute approximate surface area is 131 Å².